The lowest BCUT2D eigenvalue weighted by Gasteiger charge is -2.43. The van der Waals surface area contributed by atoms with Crippen molar-refractivity contribution in [3.63, 3.8) is 0 Å². The maximum Gasteiger partial charge on any atom is 0.304 e. The Balaban J connectivity index is 1.59. The molecule has 0 saturated carbocycles. The smallest absolute Gasteiger partial charge is 0.304 e. The van der Waals surface area contributed by atoms with Gasteiger partial charge in [-0.25, -0.2) is 10.2 Å². The first-order valence-corrected chi connectivity index (χ1v) is 12.2. The van der Waals surface area contributed by atoms with Crippen LogP contribution in [0.2, 0.25) is 5.02 Å². The van der Waals surface area contributed by atoms with Gasteiger partial charge in [0.15, 0.2) is 0 Å². The Kier molecular flexibility index (Phi) is 7.17. The number of carbonyl (C=O) groups excluding carboxylic acids is 1. The molecule has 2 aromatic carbocycles. The fraction of sp³-hybridized carbons (Fsp3) is 0.381. The fourth-order valence-corrected chi connectivity index (χ4v) is 5.60. The molecule has 2 fully saturated rings. The average Bonchev–Trinajstić information content (AvgIpc) is 2.78. The number of nitrogens with zero attached hydrogens (tertiary/aromatic N) is 3. The van der Waals surface area contributed by atoms with Gasteiger partial charge in [0.1, 0.15) is 5.82 Å². The average molecular weight is 498 g/mol. The molecule has 2 aromatic rings. The molecule has 3 N–H and O–H groups in total. The van der Waals surface area contributed by atoms with Gasteiger partial charge in [0.2, 0.25) is 0 Å². The lowest BCUT2D eigenvalue weighted by molar-refractivity contribution is -0.0721. The fourth-order valence-electron chi connectivity index (χ4n) is 3.83. The number of rotatable bonds is 7. The molecule has 0 aromatic heterocycles. The molecule has 0 unspecified atom stereocenters. The van der Waals surface area contributed by atoms with Crippen LogP contribution in [0.5, 0.6) is 0 Å². The van der Waals surface area contributed by atoms with E-state index in [4.69, 9.17) is 22.2 Å². The number of hydrazine groups is 1. The summed E-state index contributed by atoms with van der Waals surface area (Å²) in [5, 5.41) is -0.169. The molecule has 2 saturated heterocycles. The molecule has 0 aliphatic carbocycles. The molecule has 9 nitrogen and oxygen atoms in total. The van der Waals surface area contributed by atoms with Crippen LogP contribution in [0, 0.1) is 5.82 Å². The monoisotopic (exact) mass is 497 g/mol. The Labute approximate surface area is 197 Å². The third-order valence-corrected chi connectivity index (χ3v) is 8.08. The van der Waals surface area contributed by atoms with Crippen molar-refractivity contribution in [2.75, 3.05) is 43.7 Å². The lowest BCUT2D eigenvalue weighted by atomic mass is 10.1. The minimum Gasteiger partial charge on any atom is -0.378 e. The van der Waals surface area contributed by atoms with Crippen LogP contribution in [0.3, 0.4) is 0 Å². The lowest BCUT2D eigenvalue weighted by Crippen LogP contribution is -2.59. The van der Waals surface area contributed by atoms with Crippen molar-refractivity contribution in [3.8, 4) is 0 Å². The van der Waals surface area contributed by atoms with E-state index in [0.29, 0.717) is 56.6 Å². The second-order valence-electron chi connectivity index (χ2n) is 7.91. The molecule has 12 heteroatoms. The van der Waals surface area contributed by atoms with Crippen LogP contribution in [0.15, 0.2) is 42.5 Å². The molecule has 0 spiro atoms. The van der Waals surface area contributed by atoms with Crippen LogP contribution in [0.25, 0.3) is 0 Å². The van der Waals surface area contributed by atoms with Crippen LogP contribution in [-0.2, 0) is 21.5 Å². The van der Waals surface area contributed by atoms with Gasteiger partial charge in [0, 0.05) is 31.7 Å². The SMILES string of the molecule is NNC(=O)c1ccc(CN(c2ccc(F)c(Cl)c2)S(=O)(=O)N2CCN(C3COC3)CC2)cc1. The topological polar surface area (TPSA) is 108 Å². The van der Waals surface area contributed by atoms with Crippen LogP contribution >= 0.6 is 11.6 Å². The molecule has 33 heavy (non-hydrogen) atoms. The van der Waals surface area contributed by atoms with Crippen molar-refractivity contribution >= 4 is 33.4 Å². The number of hydrogen-bond acceptors (Lipinski definition) is 6. The maximum atomic E-state index is 13.8. The molecule has 4 rings (SSSR count). The van der Waals surface area contributed by atoms with Crippen molar-refractivity contribution in [3.05, 3.63) is 64.4 Å². The van der Waals surface area contributed by atoms with Crippen molar-refractivity contribution in [2.24, 2.45) is 5.84 Å². The quantitative estimate of drug-likeness (QED) is 0.339. The van der Waals surface area contributed by atoms with E-state index in [1.807, 2.05) is 0 Å². The van der Waals surface area contributed by atoms with Crippen LogP contribution in [0.4, 0.5) is 10.1 Å². The van der Waals surface area contributed by atoms with Gasteiger partial charge in [-0.1, -0.05) is 23.7 Å². The molecule has 0 bridgehead atoms. The minimum absolute atomic E-state index is 0.0223. The minimum atomic E-state index is -3.95. The number of nitrogens with one attached hydrogen (secondary N) is 1. The van der Waals surface area contributed by atoms with Crippen LogP contribution < -0.4 is 15.6 Å². The van der Waals surface area contributed by atoms with E-state index in [9.17, 15) is 17.6 Å². The highest BCUT2D eigenvalue weighted by Gasteiger charge is 2.36. The maximum absolute atomic E-state index is 13.8. The molecule has 2 heterocycles. The molecular formula is C21H25ClFN5O4S. The van der Waals surface area contributed by atoms with Gasteiger partial charge < -0.3 is 4.74 Å². The second-order valence-corrected chi connectivity index (χ2v) is 10.2. The van der Waals surface area contributed by atoms with Crippen LogP contribution in [-0.4, -0.2) is 69.0 Å². The predicted molar refractivity (Wildman–Crippen MR) is 122 cm³/mol. The van der Waals surface area contributed by atoms with Crippen molar-refractivity contribution < 1.29 is 22.3 Å². The summed E-state index contributed by atoms with van der Waals surface area (Å²) in [5.74, 6) is 4.07. The molecule has 2 aliphatic rings. The Bertz CT molecular complexity index is 1110. The first-order chi connectivity index (χ1) is 15.8. The highest BCUT2D eigenvalue weighted by atomic mass is 35.5. The summed E-state index contributed by atoms with van der Waals surface area (Å²) < 4.78 is 49.0. The standard InChI is InChI=1S/C21H25ClFN5O4S/c22-19-11-17(5-6-20(19)23)28(12-15-1-3-16(4-2-15)21(29)25-24)33(30,31)27-9-7-26(8-10-27)18-13-32-14-18/h1-6,11,18H,7-10,12-14,24H2,(H,25,29). The molecule has 178 valence electrons. The number of halogens is 2. The number of benzene rings is 2. The van der Waals surface area contributed by atoms with E-state index >= 15 is 0 Å². The molecule has 0 atom stereocenters. The third kappa shape index (κ3) is 5.13. The van der Waals surface area contributed by atoms with E-state index in [1.54, 1.807) is 24.3 Å². The summed E-state index contributed by atoms with van der Waals surface area (Å²) in [5.41, 5.74) is 3.28. The molecular weight excluding hydrogens is 473 g/mol. The number of anilines is 1. The zero-order chi connectivity index (χ0) is 23.6. The summed E-state index contributed by atoms with van der Waals surface area (Å²) in [6, 6.07) is 10.6. The molecule has 1 amide bonds. The summed E-state index contributed by atoms with van der Waals surface area (Å²) in [4.78, 5) is 13.9. The summed E-state index contributed by atoms with van der Waals surface area (Å²) >= 11 is 5.96. The van der Waals surface area contributed by atoms with E-state index in [-0.39, 0.29) is 17.3 Å². The second kappa shape index (κ2) is 9.92. The number of piperazine rings is 1. The number of hydrogen-bond donors (Lipinski definition) is 2. The van der Waals surface area contributed by atoms with Gasteiger partial charge in [-0.2, -0.15) is 12.7 Å². The molecule has 0 radical (unpaired) electrons. The molecule has 2 aliphatic heterocycles. The summed E-state index contributed by atoms with van der Waals surface area (Å²) in [6.07, 6.45) is 0. The number of ether oxygens (including phenoxy) is 1. The Morgan fingerprint density at radius 3 is 2.36 bits per heavy atom. The normalized spacial score (nSPS) is 18.0. The zero-order valence-corrected chi connectivity index (χ0v) is 19.4. The van der Waals surface area contributed by atoms with E-state index in [2.05, 4.69) is 10.3 Å². The van der Waals surface area contributed by atoms with Crippen molar-refractivity contribution in [1.82, 2.24) is 14.6 Å². The Morgan fingerprint density at radius 1 is 1.15 bits per heavy atom. The van der Waals surface area contributed by atoms with Crippen molar-refractivity contribution in [2.45, 2.75) is 12.6 Å². The number of nitrogens with two attached hydrogens (primary N) is 1. The highest BCUT2D eigenvalue weighted by molar-refractivity contribution is 7.90. The van der Waals surface area contributed by atoms with E-state index in [1.165, 1.54) is 20.7 Å². The van der Waals surface area contributed by atoms with Gasteiger partial charge in [0.05, 0.1) is 36.5 Å². The van der Waals surface area contributed by atoms with Crippen LogP contribution in [0.1, 0.15) is 15.9 Å². The zero-order valence-electron chi connectivity index (χ0n) is 17.8. The number of nitrogen functional groups attached to an aromatic ring is 1. The largest absolute Gasteiger partial charge is 0.378 e. The van der Waals surface area contributed by atoms with Gasteiger partial charge in [0.25, 0.3) is 5.91 Å². The summed E-state index contributed by atoms with van der Waals surface area (Å²) in [7, 11) is -3.95. The predicted octanol–water partition coefficient (Wildman–Crippen LogP) is 1.35. The van der Waals surface area contributed by atoms with E-state index in [0.717, 1.165) is 6.07 Å². The van der Waals surface area contributed by atoms with E-state index < -0.39 is 21.9 Å². The van der Waals surface area contributed by atoms with Gasteiger partial charge >= 0.3 is 10.2 Å². The summed E-state index contributed by atoms with van der Waals surface area (Å²) in [6.45, 7) is 3.20. The number of amides is 1. The first-order valence-electron chi connectivity index (χ1n) is 10.4. The third-order valence-electron chi connectivity index (χ3n) is 5.88. The number of carbonyl (C=O) groups is 1. The van der Waals surface area contributed by atoms with Gasteiger partial charge in [-0.3, -0.25) is 19.4 Å². The van der Waals surface area contributed by atoms with Crippen molar-refractivity contribution in [1.29, 1.82) is 0 Å². The van der Waals surface area contributed by atoms with Gasteiger partial charge in [-0.15, -0.1) is 0 Å². The highest BCUT2D eigenvalue weighted by Crippen LogP contribution is 2.28. The first kappa shape index (κ1) is 23.9. The van der Waals surface area contributed by atoms with Gasteiger partial charge in [-0.05, 0) is 35.9 Å². The Hall–Kier alpha value is -2.28. The Morgan fingerprint density at radius 2 is 1.82 bits per heavy atom.